The molecule has 0 spiro atoms. The molecule has 146 valence electrons. The van der Waals surface area contributed by atoms with E-state index in [0.29, 0.717) is 17.1 Å². The first-order valence-corrected chi connectivity index (χ1v) is 9.41. The van der Waals surface area contributed by atoms with Crippen LogP contribution in [0.3, 0.4) is 0 Å². The lowest BCUT2D eigenvalue weighted by Crippen LogP contribution is -2.37. The number of aromatic nitrogens is 4. The molecular formula is C19H23N7O2. The van der Waals surface area contributed by atoms with Gasteiger partial charge < -0.3 is 21.1 Å². The summed E-state index contributed by atoms with van der Waals surface area (Å²) >= 11 is 0. The lowest BCUT2D eigenvalue weighted by atomic mass is 10.1. The number of carbonyl (C=O) groups excluding carboxylic acids is 1. The highest BCUT2D eigenvalue weighted by molar-refractivity contribution is 6.11. The van der Waals surface area contributed by atoms with E-state index in [2.05, 4.69) is 25.7 Å². The number of nitrogens with two attached hydrogens (primary N) is 1. The van der Waals surface area contributed by atoms with E-state index in [-0.39, 0.29) is 17.5 Å². The zero-order chi connectivity index (χ0) is 19.5. The fourth-order valence-electron chi connectivity index (χ4n) is 3.25. The summed E-state index contributed by atoms with van der Waals surface area (Å²) < 4.78 is 7.61. The number of nitrogens with one attached hydrogen (secondary N) is 2. The first kappa shape index (κ1) is 18.2. The van der Waals surface area contributed by atoms with Gasteiger partial charge in [0.25, 0.3) is 5.91 Å². The van der Waals surface area contributed by atoms with Crippen molar-refractivity contribution in [2.24, 2.45) is 0 Å². The molecule has 1 amide bonds. The van der Waals surface area contributed by atoms with Gasteiger partial charge in [0.15, 0.2) is 11.5 Å². The second-order valence-corrected chi connectivity index (χ2v) is 6.76. The van der Waals surface area contributed by atoms with Crippen LogP contribution < -0.4 is 21.1 Å². The quantitative estimate of drug-likeness (QED) is 0.615. The predicted molar refractivity (Wildman–Crippen MR) is 105 cm³/mol. The highest BCUT2D eigenvalue weighted by Gasteiger charge is 2.22. The van der Waals surface area contributed by atoms with Crippen LogP contribution in [0.25, 0.3) is 5.65 Å². The number of fused-ring (bicyclic) bond motifs is 1. The van der Waals surface area contributed by atoms with E-state index >= 15 is 0 Å². The normalized spacial score (nSPS) is 16.8. The molecule has 9 nitrogen and oxygen atoms in total. The number of rotatable bonds is 5. The summed E-state index contributed by atoms with van der Waals surface area (Å²) in [7, 11) is 0. The van der Waals surface area contributed by atoms with E-state index in [4.69, 9.17) is 10.5 Å². The molecule has 28 heavy (non-hydrogen) atoms. The highest BCUT2D eigenvalue weighted by atomic mass is 16.5. The molecule has 1 atom stereocenters. The molecule has 4 N–H and O–H groups in total. The van der Waals surface area contributed by atoms with Crippen molar-refractivity contribution in [3.8, 4) is 5.75 Å². The molecule has 9 heteroatoms. The minimum Gasteiger partial charge on any atom is -0.487 e. The smallest absolute Gasteiger partial charge is 0.263 e. The first-order chi connectivity index (χ1) is 13.7. The van der Waals surface area contributed by atoms with Crippen LogP contribution in [0, 0.1) is 0 Å². The molecule has 0 bridgehead atoms. The number of hydrogen-bond acceptors (Lipinski definition) is 7. The highest BCUT2D eigenvalue weighted by Crippen LogP contribution is 2.27. The lowest BCUT2D eigenvalue weighted by molar-refractivity contribution is 0.102. The summed E-state index contributed by atoms with van der Waals surface area (Å²) in [5.74, 6) is 0.304. The fraction of sp³-hybridized carbons (Fsp3) is 0.368. The Morgan fingerprint density at radius 2 is 2.36 bits per heavy atom. The number of pyridine rings is 1. The Kier molecular flexibility index (Phi) is 5.07. The number of piperidine rings is 1. The third kappa shape index (κ3) is 3.61. The Hall–Kier alpha value is -3.20. The van der Waals surface area contributed by atoms with Crippen LogP contribution in [-0.4, -0.2) is 44.7 Å². The number of hydrogen-bond donors (Lipinski definition) is 3. The fourth-order valence-corrected chi connectivity index (χ4v) is 3.25. The molecular weight excluding hydrogens is 358 g/mol. The third-order valence-corrected chi connectivity index (χ3v) is 4.76. The molecule has 0 aromatic carbocycles. The SMILES string of the molecule is CCc1cnc2c(C(=O)Nc3cnccc3OC3CCCNC3)c(N)nn2c1. The van der Waals surface area contributed by atoms with Crippen molar-refractivity contribution >= 4 is 23.1 Å². The standard InChI is InChI=1S/C19H23N7O2/c1-2-12-8-23-18-16(17(20)25-26(18)11-12)19(27)24-14-10-22-7-5-15(14)28-13-4-3-6-21-9-13/h5,7-8,10-11,13,21H,2-4,6,9H2,1H3,(H2,20,25)(H,24,27). The largest absolute Gasteiger partial charge is 0.487 e. The number of nitrogen functional groups attached to an aromatic ring is 1. The summed E-state index contributed by atoms with van der Waals surface area (Å²) in [5, 5.41) is 10.4. The van der Waals surface area contributed by atoms with Gasteiger partial charge >= 0.3 is 0 Å². The number of carbonyl (C=O) groups is 1. The Morgan fingerprint density at radius 1 is 1.46 bits per heavy atom. The van der Waals surface area contributed by atoms with Crippen LogP contribution in [0.1, 0.15) is 35.7 Å². The number of ether oxygens (including phenoxy) is 1. The average molecular weight is 381 g/mol. The molecule has 3 aromatic rings. The summed E-state index contributed by atoms with van der Waals surface area (Å²) in [5.41, 5.74) is 8.14. The van der Waals surface area contributed by atoms with Crippen LogP contribution >= 0.6 is 0 Å². The van der Waals surface area contributed by atoms with E-state index in [9.17, 15) is 4.79 Å². The topological polar surface area (TPSA) is 119 Å². The van der Waals surface area contributed by atoms with E-state index in [1.165, 1.54) is 4.52 Å². The number of aryl methyl sites for hydroxylation is 1. The van der Waals surface area contributed by atoms with E-state index in [1.807, 2.05) is 13.1 Å². The maximum absolute atomic E-state index is 12.9. The number of anilines is 2. The minimum atomic E-state index is -0.399. The zero-order valence-corrected chi connectivity index (χ0v) is 15.7. The summed E-state index contributed by atoms with van der Waals surface area (Å²) in [6, 6.07) is 1.75. The van der Waals surface area contributed by atoms with Gasteiger partial charge in [-0.05, 0) is 31.4 Å². The summed E-state index contributed by atoms with van der Waals surface area (Å²) in [6.07, 6.45) is 9.65. The van der Waals surface area contributed by atoms with Gasteiger partial charge in [-0.3, -0.25) is 9.78 Å². The van der Waals surface area contributed by atoms with Gasteiger partial charge in [-0.2, -0.15) is 0 Å². The summed E-state index contributed by atoms with van der Waals surface area (Å²) in [6.45, 7) is 3.80. The predicted octanol–water partition coefficient (Wildman–Crippen LogP) is 1.65. The number of nitrogens with zero attached hydrogens (tertiary/aromatic N) is 4. The molecule has 1 saturated heterocycles. The number of amides is 1. The molecule has 1 aliphatic rings. The van der Waals surface area contributed by atoms with Crippen molar-refractivity contribution in [3.63, 3.8) is 0 Å². The zero-order valence-electron chi connectivity index (χ0n) is 15.7. The Balaban J connectivity index is 1.59. The van der Waals surface area contributed by atoms with E-state index in [1.54, 1.807) is 24.7 Å². The summed E-state index contributed by atoms with van der Waals surface area (Å²) in [4.78, 5) is 21.4. The third-order valence-electron chi connectivity index (χ3n) is 4.76. The first-order valence-electron chi connectivity index (χ1n) is 9.41. The molecule has 1 unspecified atom stereocenters. The van der Waals surface area contributed by atoms with Crippen LogP contribution in [0.2, 0.25) is 0 Å². The van der Waals surface area contributed by atoms with Gasteiger partial charge in [-0.1, -0.05) is 6.92 Å². The molecule has 0 saturated carbocycles. The minimum absolute atomic E-state index is 0.0583. The molecule has 0 aliphatic carbocycles. The Bertz CT molecular complexity index is 995. The molecule has 1 fully saturated rings. The van der Waals surface area contributed by atoms with Gasteiger partial charge in [0.05, 0.1) is 6.20 Å². The molecule has 3 aromatic heterocycles. The van der Waals surface area contributed by atoms with Crippen molar-refractivity contribution in [2.75, 3.05) is 24.1 Å². The average Bonchev–Trinajstić information content (AvgIpc) is 3.05. The maximum atomic E-state index is 12.9. The van der Waals surface area contributed by atoms with Gasteiger partial charge in [0, 0.05) is 31.2 Å². The van der Waals surface area contributed by atoms with Crippen LogP contribution in [0.15, 0.2) is 30.9 Å². The molecule has 4 rings (SSSR count). The second-order valence-electron chi connectivity index (χ2n) is 6.76. The molecule has 0 radical (unpaired) electrons. The maximum Gasteiger partial charge on any atom is 0.263 e. The van der Waals surface area contributed by atoms with Crippen LogP contribution in [0.4, 0.5) is 11.5 Å². The van der Waals surface area contributed by atoms with Crippen LogP contribution in [0.5, 0.6) is 5.75 Å². The Labute approximate surface area is 162 Å². The second kappa shape index (κ2) is 7.81. The van der Waals surface area contributed by atoms with E-state index < -0.39 is 5.91 Å². The van der Waals surface area contributed by atoms with Gasteiger partial charge in [-0.25, -0.2) is 9.50 Å². The van der Waals surface area contributed by atoms with Crippen molar-refractivity contribution in [1.82, 2.24) is 24.9 Å². The molecule has 1 aliphatic heterocycles. The van der Waals surface area contributed by atoms with Crippen molar-refractivity contribution in [2.45, 2.75) is 32.3 Å². The monoisotopic (exact) mass is 381 g/mol. The van der Waals surface area contributed by atoms with Crippen molar-refractivity contribution in [1.29, 1.82) is 0 Å². The van der Waals surface area contributed by atoms with Gasteiger partial charge in [0.1, 0.15) is 23.1 Å². The van der Waals surface area contributed by atoms with Crippen molar-refractivity contribution in [3.05, 3.63) is 42.0 Å². The lowest BCUT2D eigenvalue weighted by Gasteiger charge is -2.24. The van der Waals surface area contributed by atoms with Crippen molar-refractivity contribution < 1.29 is 9.53 Å². The van der Waals surface area contributed by atoms with E-state index in [0.717, 1.165) is 37.9 Å². The Morgan fingerprint density at radius 3 is 3.14 bits per heavy atom. The van der Waals surface area contributed by atoms with Gasteiger partial charge in [0.2, 0.25) is 0 Å². The van der Waals surface area contributed by atoms with Gasteiger partial charge in [-0.15, -0.1) is 5.10 Å². The van der Waals surface area contributed by atoms with Crippen LogP contribution in [-0.2, 0) is 6.42 Å². The molecule has 4 heterocycles.